The quantitative estimate of drug-likeness (QED) is 0.610. The summed E-state index contributed by atoms with van der Waals surface area (Å²) in [7, 11) is -1.68. The number of sulfone groups is 1. The number of rotatable bonds is 5. The molecule has 5 nitrogen and oxygen atoms in total. The van der Waals surface area contributed by atoms with Gasteiger partial charge in [-0.3, -0.25) is 4.79 Å². The summed E-state index contributed by atoms with van der Waals surface area (Å²) < 4.78 is 40.3. The average Bonchev–Trinajstić information content (AvgIpc) is 2.92. The van der Waals surface area contributed by atoms with Crippen LogP contribution >= 0.6 is 11.3 Å². The molecule has 0 radical (unpaired) electrons. The number of halogens is 1. The number of para-hydroxylation sites is 1. The lowest BCUT2D eigenvalue weighted by molar-refractivity contribution is -0.118. The van der Waals surface area contributed by atoms with Crippen molar-refractivity contribution in [3.63, 3.8) is 0 Å². The first-order chi connectivity index (χ1) is 12.8. The van der Waals surface area contributed by atoms with Gasteiger partial charge in [-0.15, -0.1) is 0 Å². The van der Waals surface area contributed by atoms with E-state index in [9.17, 15) is 17.6 Å². The predicted molar refractivity (Wildman–Crippen MR) is 104 cm³/mol. The zero-order valence-corrected chi connectivity index (χ0v) is 16.6. The number of carbonyl (C=O) groups is 1. The van der Waals surface area contributed by atoms with Gasteiger partial charge in [0.25, 0.3) is 0 Å². The maximum atomic E-state index is 12.9. The van der Waals surface area contributed by atoms with Crippen molar-refractivity contribution in [2.45, 2.75) is 24.7 Å². The lowest BCUT2D eigenvalue weighted by atomic mass is 10.2. The standard InChI is InChI=1S/C19H19FN2O3S2/c1-13-5-3-6-16-18(13)22(2)19(26-16)21-17(23)7-4-12-27(24,25)15-10-8-14(20)9-11-15/h3,5-6,8-11H,4,7,12H2,1-2H3. The van der Waals surface area contributed by atoms with Gasteiger partial charge in [-0.2, -0.15) is 4.99 Å². The van der Waals surface area contributed by atoms with E-state index in [-0.39, 0.29) is 29.4 Å². The molecule has 3 rings (SSSR count). The van der Waals surface area contributed by atoms with Gasteiger partial charge in [0.15, 0.2) is 14.6 Å². The van der Waals surface area contributed by atoms with E-state index in [0.29, 0.717) is 4.80 Å². The lowest BCUT2D eigenvalue weighted by Gasteiger charge is -2.03. The first-order valence-corrected chi connectivity index (χ1v) is 10.9. The lowest BCUT2D eigenvalue weighted by Crippen LogP contribution is -2.14. The molecule has 0 unspecified atom stereocenters. The van der Waals surface area contributed by atoms with Crippen LogP contribution in [0.3, 0.4) is 0 Å². The summed E-state index contributed by atoms with van der Waals surface area (Å²) in [6.07, 6.45) is 0.198. The molecule has 3 aromatic rings. The molecule has 0 N–H and O–H groups in total. The molecule has 0 saturated carbocycles. The average molecular weight is 407 g/mol. The molecule has 27 heavy (non-hydrogen) atoms. The summed E-state index contributed by atoms with van der Waals surface area (Å²) in [5.74, 6) is -1.03. The van der Waals surface area contributed by atoms with Crippen molar-refractivity contribution in [1.82, 2.24) is 4.57 Å². The van der Waals surface area contributed by atoms with E-state index >= 15 is 0 Å². The van der Waals surface area contributed by atoms with E-state index < -0.39 is 15.7 Å². The van der Waals surface area contributed by atoms with Crippen molar-refractivity contribution < 1.29 is 17.6 Å². The normalized spacial score (nSPS) is 12.6. The number of amides is 1. The molecule has 8 heteroatoms. The van der Waals surface area contributed by atoms with Crippen LogP contribution in [0.2, 0.25) is 0 Å². The van der Waals surface area contributed by atoms with Crippen LogP contribution in [0, 0.1) is 12.7 Å². The van der Waals surface area contributed by atoms with E-state index in [4.69, 9.17) is 0 Å². The fraction of sp³-hybridized carbons (Fsp3) is 0.263. The molecule has 0 fully saturated rings. The molecule has 1 amide bonds. The number of aryl methyl sites for hydroxylation is 2. The van der Waals surface area contributed by atoms with Gasteiger partial charge in [0, 0.05) is 13.5 Å². The van der Waals surface area contributed by atoms with Crippen molar-refractivity contribution in [2.24, 2.45) is 12.0 Å². The highest BCUT2D eigenvalue weighted by Gasteiger charge is 2.15. The van der Waals surface area contributed by atoms with Crippen LogP contribution in [-0.4, -0.2) is 24.6 Å². The minimum absolute atomic E-state index is 0.0354. The third-order valence-corrected chi connectivity index (χ3v) is 7.13. The summed E-state index contributed by atoms with van der Waals surface area (Å²) in [5, 5.41) is 0. The van der Waals surface area contributed by atoms with Crippen LogP contribution in [0.5, 0.6) is 0 Å². The Morgan fingerprint density at radius 2 is 1.89 bits per heavy atom. The highest BCUT2D eigenvalue weighted by molar-refractivity contribution is 7.91. The highest BCUT2D eigenvalue weighted by atomic mass is 32.2. The Hall–Kier alpha value is -2.32. The Balaban J connectivity index is 1.70. The van der Waals surface area contributed by atoms with Gasteiger partial charge in [0.2, 0.25) is 5.91 Å². The first-order valence-electron chi connectivity index (χ1n) is 8.39. The Morgan fingerprint density at radius 1 is 1.19 bits per heavy atom. The molecule has 0 spiro atoms. The van der Waals surface area contributed by atoms with Crippen LogP contribution in [0.15, 0.2) is 52.4 Å². The molecule has 0 aliphatic heterocycles. The van der Waals surface area contributed by atoms with Gasteiger partial charge in [-0.1, -0.05) is 23.5 Å². The third-order valence-electron chi connectivity index (χ3n) is 4.22. The molecule has 0 saturated heterocycles. The predicted octanol–water partition coefficient (Wildman–Crippen LogP) is 3.37. The van der Waals surface area contributed by atoms with Crippen molar-refractivity contribution in [3.8, 4) is 0 Å². The smallest absolute Gasteiger partial charge is 0.248 e. The number of hydrogen-bond acceptors (Lipinski definition) is 4. The molecular weight excluding hydrogens is 387 g/mol. The largest absolute Gasteiger partial charge is 0.319 e. The number of carbonyl (C=O) groups excluding carboxylic acids is 1. The summed E-state index contributed by atoms with van der Waals surface area (Å²) in [6.45, 7) is 2.00. The number of nitrogens with zero attached hydrogens (tertiary/aromatic N) is 2. The number of aromatic nitrogens is 1. The Kier molecular flexibility index (Phi) is 5.57. The monoisotopic (exact) mass is 406 g/mol. The minimum atomic E-state index is -3.54. The fourth-order valence-corrected chi connectivity index (χ4v) is 5.26. The molecule has 142 valence electrons. The van der Waals surface area contributed by atoms with Crippen LogP contribution in [-0.2, 0) is 21.7 Å². The maximum absolute atomic E-state index is 12.9. The van der Waals surface area contributed by atoms with E-state index in [1.165, 1.54) is 23.5 Å². The zero-order chi connectivity index (χ0) is 19.6. The first kappa shape index (κ1) is 19.4. The van der Waals surface area contributed by atoms with Gasteiger partial charge in [-0.05, 0) is 49.2 Å². The third kappa shape index (κ3) is 4.33. The second kappa shape index (κ2) is 7.74. The second-order valence-electron chi connectivity index (χ2n) is 6.25. The van der Waals surface area contributed by atoms with Crippen molar-refractivity contribution in [2.75, 3.05) is 5.75 Å². The van der Waals surface area contributed by atoms with Gasteiger partial charge in [-0.25, -0.2) is 12.8 Å². The van der Waals surface area contributed by atoms with Crippen LogP contribution < -0.4 is 4.80 Å². The highest BCUT2D eigenvalue weighted by Crippen LogP contribution is 2.20. The Labute approximate surface area is 160 Å². The summed E-state index contributed by atoms with van der Waals surface area (Å²) in [6, 6.07) is 10.6. The Bertz CT molecular complexity index is 1160. The Morgan fingerprint density at radius 3 is 2.56 bits per heavy atom. The second-order valence-corrected chi connectivity index (χ2v) is 9.37. The fourth-order valence-electron chi connectivity index (χ4n) is 2.84. The van der Waals surface area contributed by atoms with Crippen LogP contribution in [0.25, 0.3) is 10.2 Å². The number of thiazole rings is 1. The summed E-state index contributed by atoms with van der Waals surface area (Å²) in [5.41, 5.74) is 2.14. The van der Waals surface area contributed by atoms with Crippen molar-refractivity contribution in [3.05, 3.63) is 58.6 Å². The van der Waals surface area contributed by atoms with Crippen LogP contribution in [0.4, 0.5) is 4.39 Å². The van der Waals surface area contributed by atoms with E-state index in [1.54, 1.807) is 0 Å². The summed E-state index contributed by atoms with van der Waals surface area (Å²) in [4.78, 5) is 17.0. The number of hydrogen-bond donors (Lipinski definition) is 0. The topological polar surface area (TPSA) is 68.5 Å². The number of fused-ring (bicyclic) bond motifs is 1. The van der Waals surface area contributed by atoms with Gasteiger partial charge in [0.1, 0.15) is 5.82 Å². The molecule has 0 aliphatic carbocycles. The zero-order valence-electron chi connectivity index (χ0n) is 15.0. The van der Waals surface area contributed by atoms with E-state index in [2.05, 4.69) is 4.99 Å². The van der Waals surface area contributed by atoms with Crippen molar-refractivity contribution in [1.29, 1.82) is 0 Å². The molecule has 1 heterocycles. The molecule has 0 atom stereocenters. The SMILES string of the molecule is Cc1cccc2sc(=NC(=O)CCCS(=O)(=O)c3ccc(F)cc3)n(C)c12. The van der Waals surface area contributed by atoms with E-state index in [1.807, 2.05) is 36.7 Å². The maximum Gasteiger partial charge on any atom is 0.248 e. The van der Waals surface area contributed by atoms with E-state index in [0.717, 1.165) is 27.9 Å². The molecule has 0 bridgehead atoms. The molecule has 0 aliphatic rings. The number of benzene rings is 2. The molecular formula is C19H19FN2O3S2. The van der Waals surface area contributed by atoms with Crippen molar-refractivity contribution >= 4 is 37.3 Å². The molecule has 1 aromatic heterocycles. The minimum Gasteiger partial charge on any atom is -0.319 e. The molecule has 2 aromatic carbocycles. The van der Waals surface area contributed by atoms with Gasteiger partial charge >= 0.3 is 0 Å². The van der Waals surface area contributed by atoms with Gasteiger partial charge < -0.3 is 4.57 Å². The van der Waals surface area contributed by atoms with Gasteiger partial charge in [0.05, 0.1) is 20.9 Å². The summed E-state index contributed by atoms with van der Waals surface area (Å²) >= 11 is 1.43. The van der Waals surface area contributed by atoms with Crippen LogP contribution in [0.1, 0.15) is 18.4 Å².